The third-order valence-corrected chi connectivity index (χ3v) is 9.07. The Morgan fingerprint density at radius 3 is 2.10 bits per heavy atom. The summed E-state index contributed by atoms with van der Waals surface area (Å²) in [5.74, 6) is -0.787. The van der Waals surface area contributed by atoms with Gasteiger partial charge in [-0.25, -0.2) is 4.39 Å². The highest BCUT2D eigenvalue weighted by Gasteiger charge is 2.41. The molecule has 8 heteroatoms. The zero-order chi connectivity index (χ0) is 31.4. The SMILES string of the molecule is C=C1CC(c2cc(C(F)(F)F)cc(C(F)(F)F)c2)C(C)N1CC1=C(c2cc(C(C)C)c(F)cc2CC)CC(C)(C)CC1. The summed E-state index contributed by atoms with van der Waals surface area (Å²) in [6, 6.07) is 5.12. The second-order valence-electron chi connectivity index (χ2n) is 13.0. The molecule has 0 N–H and O–H groups in total. The van der Waals surface area contributed by atoms with Crippen molar-refractivity contribution in [2.45, 2.75) is 104 Å². The van der Waals surface area contributed by atoms with Crippen LogP contribution in [-0.2, 0) is 18.8 Å². The van der Waals surface area contributed by atoms with Crippen molar-refractivity contribution in [3.63, 3.8) is 0 Å². The van der Waals surface area contributed by atoms with Crippen LogP contribution in [0.15, 0.2) is 48.2 Å². The maximum absolute atomic E-state index is 14.9. The lowest BCUT2D eigenvalue weighted by molar-refractivity contribution is -0.143. The Morgan fingerprint density at radius 1 is 0.976 bits per heavy atom. The van der Waals surface area contributed by atoms with E-state index in [0.29, 0.717) is 24.2 Å². The Balaban J connectivity index is 1.76. The molecule has 2 aliphatic rings. The van der Waals surface area contributed by atoms with E-state index < -0.39 is 29.4 Å². The summed E-state index contributed by atoms with van der Waals surface area (Å²) in [5.41, 5.74) is 3.07. The number of hydrogen-bond donors (Lipinski definition) is 0. The molecule has 0 amide bonds. The third kappa shape index (κ3) is 6.57. The van der Waals surface area contributed by atoms with Gasteiger partial charge < -0.3 is 4.90 Å². The molecule has 2 aromatic carbocycles. The van der Waals surface area contributed by atoms with E-state index in [1.807, 2.05) is 38.7 Å². The fourth-order valence-electron chi connectivity index (χ4n) is 6.54. The first kappa shape index (κ1) is 32.2. The lowest BCUT2D eigenvalue weighted by Gasteiger charge is -2.37. The lowest BCUT2D eigenvalue weighted by Crippen LogP contribution is -2.32. The van der Waals surface area contributed by atoms with Gasteiger partial charge in [-0.2, -0.15) is 26.3 Å². The van der Waals surface area contributed by atoms with Gasteiger partial charge in [-0.15, -0.1) is 0 Å². The molecule has 2 unspecified atom stereocenters. The molecule has 2 atom stereocenters. The maximum Gasteiger partial charge on any atom is 0.416 e. The number of halogens is 7. The average molecular weight is 596 g/mol. The summed E-state index contributed by atoms with van der Waals surface area (Å²) >= 11 is 0. The summed E-state index contributed by atoms with van der Waals surface area (Å²) < 4.78 is 96.5. The predicted octanol–water partition coefficient (Wildman–Crippen LogP) is 10.9. The number of likely N-dealkylation sites (tertiary alicyclic amines) is 1. The Hall–Kier alpha value is -2.77. The molecule has 230 valence electrons. The molecule has 4 rings (SSSR count). The van der Waals surface area contributed by atoms with Crippen molar-refractivity contribution in [3.05, 3.63) is 87.4 Å². The van der Waals surface area contributed by atoms with Crippen LogP contribution in [0, 0.1) is 11.2 Å². The first-order chi connectivity index (χ1) is 19.3. The average Bonchev–Trinajstić information content (AvgIpc) is 3.16. The monoisotopic (exact) mass is 595 g/mol. The number of benzene rings is 2. The van der Waals surface area contributed by atoms with Crippen LogP contribution in [0.1, 0.15) is 112 Å². The number of rotatable bonds is 6. The van der Waals surface area contributed by atoms with Gasteiger partial charge >= 0.3 is 12.4 Å². The topological polar surface area (TPSA) is 3.24 Å². The highest BCUT2D eigenvalue weighted by Crippen LogP contribution is 2.48. The van der Waals surface area contributed by atoms with E-state index >= 15 is 0 Å². The zero-order valence-corrected chi connectivity index (χ0v) is 25.2. The normalized spacial score (nSPS) is 21.6. The lowest BCUT2D eigenvalue weighted by atomic mass is 9.71. The second-order valence-corrected chi connectivity index (χ2v) is 13.0. The minimum Gasteiger partial charge on any atom is -0.368 e. The molecule has 1 aliphatic heterocycles. The number of hydrogen-bond acceptors (Lipinski definition) is 1. The van der Waals surface area contributed by atoms with E-state index in [0.717, 1.165) is 48.1 Å². The van der Waals surface area contributed by atoms with Crippen molar-refractivity contribution in [2.24, 2.45) is 5.41 Å². The molecule has 2 aromatic rings. The van der Waals surface area contributed by atoms with E-state index in [-0.39, 0.29) is 41.2 Å². The molecule has 0 saturated carbocycles. The van der Waals surface area contributed by atoms with Gasteiger partial charge in [-0.05, 0) is 114 Å². The van der Waals surface area contributed by atoms with Gasteiger partial charge in [0, 0.05) is 24.2 Å². The van der Waals surface area contributed by atoms with Crippen LogP contribution >= 0.6 is 0 Å². The van der Waals surface area contributed by atoms with Gasteiger partial charge in [-0.1, -0.05) is 41.2 Å². The molecule has 1 aliphatic carbocycles. The summed E-state index contributed by atoms with van der Waals surface area (Å²) in [6.07, 6.45) is -6.35. The van der Waals surface area contributed by atoms with Crippen molar-refractivity contribution in [3.8, 4) is 0 Å². The molecule has 1 saturated heterocycles. The molecule has 1 heterocycles. The summed E-state index contributed by atoms with van der Waals surface area (Å²) in [5, 5.41) is 0. The van der Waals surface area contributed by atoms with E-state index in [4.69, 9.17) is 0 Å². The highest BCUT2D eigenvalue weighted by molar-refractivity contribution is 5.73. The molecule has 1 nitrogen and oxygen atoms in total. The van der Waals surface area contributed by atoms with Crippen LogP contribution in [0.5, 0.6) is 0 Å². The summed E-state index contributed by atoms with van der Waals surface area (Å²) in [6.45, 7) is 16.8. The van der Waals surface area contributed by atoms with Crippen LogP contribution in [0.25, 0.3) is 5.57 Å². The summed E-state index contributed by atoms with van der Waals surface area (Å²) in [7, 11) is 0. The molecule has 0 bridgehead atoms. The standard InChI is InChI=1S/C34H40F7N/c1-8-22-14-31(35)27(19(2)3)16-29(22)30-17-32(6,7)10-9-23(30)18-42-20(4)11-28(21(42)5)24-12-25(33(36,37)38)15-26(13-24)34(39,40)41/h12-16,19,21,28H,4,8-11,17-18H2,1-3,5-7H3. The number of allylic oxidation sites excluding steroid dienone is 2. The zero-order valence-electron chi connectivity index (χ0n) is 25.2. The molecule has 42 heavy (non-hydrogen) atoms. The second kappa shape index (κ2) is 11.4. The molecular formula is C34H40F7N. The molecule has 0 spiro atoms. The van der Waals surface area contributed by atoms with Crippen LogP contribution in [-0.4, -0.2) is 17.5 Å². The summed E-state index contributed by atoms with van der Waals surface area (Å²) in [4.78, 5) is 2.03. The van der Waals surface area contributed by atoms with Crippen LogP contribution < -0.4 is 0 Å². The molecule has 0 radical (unpaired) electrons. The van der Waals surface area contributed by atoms with Crippen LogP contribution in [0.2, 0.25) is 0 Å². The van der Waals surface area contributed by atoms with Crippen molar-refractivity contribution in [1.29, 1.82) is 0 Å². The Kier molecular flexibility index (Phi) is 8.71. The molecule has 0 aromatic heterocycles. The first-order valence-electron chi connectivity index (χ1n) is 14.6. The van der Waals surface area contributed by atoms with Gasteiger partial charge in [-0.3, -0.25) is 0 Å². The van der Waals surface area contributed by atoms with Crippen molar-refractivity contribution in [1.82, 2.24) is 4.90 Å². The number of alkyl halides is 6. The van der Waals surface area contributed by atoms with Crippen molar-refractivity contribution in [2.75, 3.05) is 6.54 Å². The van der Waals surface area contributed by atoms with Crippen LogP contribution in [0.3, 0.4) is 0 Å². The first-order valence-corrected chi connectivity index (χ1v) is 14.6. The van der Waals surface area contributed by atoms with E-state index in [2.05, 4.69) is 20.4 Å². The minimum atomic E-state index is -4.90. The van der Waals surface area contributed by atoms with E-state index in [1.165, 1.54) is 5.57 Å². The number of aryl methyl sites for hydroxylation is 1. The largest absolute Gasteiger partial charge is 0.416 e. The fraction of sp³-hybridized carbons (Fsp3) is 0.529. The Labute approximate surface area is 244 Å². The smallest absolute Gasteiger partial charge is 0.368 e. The number of nitrogens with zero attached hydrogens (tertiary/aromatic N) is 1. The third-order valence-electron chi connectivity index (χ3n) is 9.07. The Bertz CT molecular complexity index is 1350. The van der Waals surface area contributed by atoms with Gasteiger partial charge in [0.1, 0.15) is 5.82 Å². The van der Waals surface area contributed by atoms with Crippen LogP contribution in [0.4, 0.5) is 30.7 Å². The van der Waals surface area contributed by atoms with Crippen molar-refractivity contribution < 1.29 is 30.7 Å². The van der Waals surface area contributed by atoms with Gasteiger partial charge in [0.05, 0.1) is 11.1 Å². The molecule has 1 fully saturated rings. The fourth-order valence-corrected chi connectivity index (χ4v) is 6.54. The van der Waals surface area contributed by atoms with E-state index in [9.17, 15) is 30.7 Å². The van der Waals surface area contributed by atoms with Gasteiger partial charge in [0.2, 0.25) is 0 Å². The predicted molar refractivity (Wildman–Crippen MR) is 154 cm³/mol. The quantitative estimate of drug-likeness (QED) is 0.300. The van der Waals surface area contributed by atoms with Gasteiger partial charge in [0.15, 0.2) is 0 Å². The molecular weight excluding hydrogens is 555 g/mol. The van der Waals surface area contributed by atoms with Crippen molar-refractivity contribution >= 4 is 5.57 Å². The van der Waals surface area contributed by atoms with Gasteiger partial charge in [0.25, 0.3) is 0 Å². The minimum absolute atomic E-state index is 0.00324. The van der Waals surface area contributed by atoms with E-state index in [1.54, 1.807) is 6.07 Å². The Morgan fingerprint density at radius 2 is 1.57 bits per heavy atom. The maximum atomic E-state index is 14.9. The highest BCUT2D eigenvalue weighted by atomic mass is 19.4.